The highest BCUT2D eigenvalue weighted by Crippen LogP contribution is 2.18. The van der Waals surface area contributed by atoms with Crippen LogP contribution in [0.3, 0.4) is 0 Å². The maximum absolute atomic E-state index is 13.6. The molecule has 3 N–H and O–H groups in total. The van der Waals surface area contributed by atoms with Crippen molar-refractivity contribution in [1.29, 1.82) is 0 Å². The van der Waals surface area contributed by atoms with Crippen LogP contribution in [0.1, 0.15) is 26.7 Å². The van der Waals surface area contributed by atoms with Gasteiger partial charge in [0.25, 0.3) is 0 Å². The van der Waals surface area contributed by atoms with Gasteiger partial charge in [-0.3, -0.25) is 9.59 Å². The Morgan fingerprint density at radius 3 is 2.57 bits per heavy atom. The zero-order valence-electron chi connectivity index (χ0n) is 13.2. The van der Waals surface area contributed by atoms with Gasteiger partial charge in [0.05, 0.1) is 5.69 Å². The van der Waals surface area contributed by atoms with Gasteiger partial charge >= 0.3 is 11.8 Å². The van der Waals surface area contributed by atoms with E-state index in [1.165, 1.54) is 12.1 Å². The molecule has 0 aliphatic heterocycles. The Kier molecular flexibility index (Phi) is 7.98. The topological polar surface area (TPSA) is 78.4 Å². The zero-order valence-corrected chi connectivity index (χ0v) is 14.0. The van der Waals surface area contributed by atoms with Crippen molar-refractivity contribution in [3.05, 3.63) is 29.0 Å². The summed E-state index contributed by atoms with van der Waals surface area (Å²) in [5, 5.41) is 13.9. The maximum atomic E-state index is 13.6. The van der Waals surface area contributed by atoms with Crippen LogP contribution in [0.5, 0.6) is 0 Å². The first-order valence-corrected chi connectivity index (χ1v) is 7.86. The molecule has 5 nitrogen and oxygen atoms in total. The largest absolute Gasteiger partial charge is 0.396 e. The van der Waals surface area contributed by atoms with Crippen LogP contribution >= 0.6 is 11.6 Å². The zero-order chi connectivity index (χ0) is 17.4. The Morgan fingerprint density at radius 1 is 1.30 bits per heavy atom. The highest BCUT2D eigenvalue weighted by atomic mass is 35.5. The second-order valence-corrected chi connectivity index (χ2v) is 6.23. The van der Waals surface area contributed by atoms with Crippen molar-refractivity contribution in [3.8, 4) is 0 Å². The van der Waals surface area contributed by atoms with Gasteiger partial charge in [-0.25, -0.2) is 4.39 Å². The van der Waals surface area contributed by atoms with E-state index in [-0.39, 0.29) is 29.8 Å². The van der Waals surface area contributed by atoms with Crippen LogP contribution in [0.4, 0.5) is 10.1 Å². The van der Waals surface area contributed by atoms with Gasteiger partial charge < -0.3 is 15.7 Å². The Hall–Kier alpha value is -1.66. The van der Waals surface area contributed by atoms with Gasteiger partial charge in [0.15, 0.2) is 0 Å². The third-order valence-corrected chi connectivity index (χ3v) is 3.51. The highest BCUT2D eigenvalue weighted by molar-refractivity contribution is 6.39. The van der Waals surface area contributed by atoms with Crippen LogP contribution in [0, 0.1) is 17.7 Å². The third kappa shape index (κ3) is 6.97. The van der Waals surface area contributed by atoms with E-state index >= 15 is 0 Å². The molecule has 0 aliphatic carbocycles. The lowest BCUT2D eigenvalue weighted by molar-refractivity contribution is -0.136. The first kappa shape index (κ1) is 19.4. The van der Waals surface area contributed by atoms with Crippen LogP contribution < -0.4 is 10.6 Å². The van der Waals surface area contributed by atoms with Crippen molar-refractivity contribution < 1.29 is 19.1 Å². The number of anilines is 1. The van der Waals surface area contributed by atoms with E-state index in [0.29, 0.717) is 12.3 Å². The minimum Gasteiger partial charge on any atom is -0.396 e. The lowest BCUT2D eigenvalue weighted by Crippen LogP contribution is -2.38. The average molecular weight is 345 g/mol. The van der Waals surface area contributed by atoms with E-state index < -0.39 is 17.6 Å². The van der Waals surface area contributed by atoms with Gasteiger partial charge in [0, 0.05) is 18.2 Å². The van der Waals surface area contributed by atoms with Crippen LogP contribution in [0.2, 0.25) is 5.02 Å². The molecule has 2 amide bonds. The molecular formula is C16H22ClFN2O3. The molecule has 0 saturated heterocycles. The van der Waals surface area contributed by atoms with Crippen LogP contribution in [0.15, 0.2) is 18.2 Å². The second-order valence-electron chi connectivity index (χ2n) is 5.80. The number of hydrogen-bond donors (Lipinski definition) is 3. The molecule has 0 bridgehead atoms. The number of rotatable bonds is 7. The molecule has 0 radical (unpaired) electrons. The summed E-state index contributed by atoms with van der Waals surface area (Å²) in [7, 11) is 0. The molecule has 0 spiro atoms. The summed E-state index contributed by atoms with van der Waals surface area (Å²) in [5.41, 5.74) is -0.108. The predicted octanol–water partition coefficient (Wildman–Crippen LogP) is 2.58. The number of carbonyl (C=O) groups excluding carboxylic acids is 2. The molecule has 7 heteroatoms. The SMILES string of the molecule is CC(C)CC(CCO)CNC(=O)C(=O)Nc1ccc(Cl)cc1F. The van der Waals surface area contributed by atoms with Crippen molar-refractivity contribution in [2.45, 2.75) is 26.7 Å². The smallest absolute Gasteiger partial charge is 0.313 e. The van der Waals surface area contributed by atoms with Crippen LogP contribution in [0.25, 0.3) is 0 Å². The maximum Gasteiger partial charge on any atom is 0.313 e. The number of carbonyl (C=O) groups is 2. The quantitative estimate of drug-likeness (QED) is 0.665. The first-order chi connectivity index (χ1) is 10.8. The molecule has 0 saturated carbocycles. The van der Waals surface area contributed by atoms with Gasteiger partial charge in [-0.2, -0.15) is 0 Å². The van der Waals surface area contributed by atoms with Crippen molar-refractivity contribution in [1.82, 2.24) is 5.32 Å². The van der Waals surface area contributed by atoms with E-state index in [0.717, 1.165) is 12.5 Å². The Labute approximate surface area is 140 Å². The number of aliphatic hydroxyl groups excluding tert-OH is 1. The number of hydrogen-bond acceptors (Lipinski definition) is 3. The molecule has 0 aliphatic rings. The fraction of sp³-hybridized carbons (Fsp3) is 0.500. The summed E-state index contributed by atoms with van der Waals surface area (Å²) in [6, 6.07) is 3.75. The van der Waals surface area contributed by atoms with E-state index in [9.17, 15) is 14.0 Å². The number of benzene rings is 1. The Bertz CT molecular complexity index is 552. The Morgan fingerprint density at radius 2 is 2.00 bits per heavy atom. The summed E-state index contributed by atoms with van der Waals surface area (Å²) in [6.45, 7) is 4.40. The van der Waals surface area contributed by atoms with Crippen molar-refractivity contribution >= 4 is 29.1 Å². The number of amides is 2. The summed E-state index contributed by atoms with van der Waals surface area (Å²) < 4.78 is 13.6. The molecule has 1 unspecified atom stereocenters. The second kappa shape index (κ2) is 9.47. The predicted molar refractivity (Wildman–Crippen MR) is 87.7 cm³/mol. The van der Waals surface area contributed by atoms with Crippen molar-refractivity contribution in [2.75, 3.05) is 18.5 Å². The minimum atomic E-state index is -0.946. The Balaban J connectivity index is 2.54. The van der Waals surface area contributed by atoms with Crippen molar-refractivity contribution in [2.24, 2.45) is 11.8 Å². The summed E-state index contributed by atoms with van der Waals surface area (Å²) >= 11 is 5.62. The van der Waals surface area contributed by atoms with Crippen LogP contribution in [-0.2, 0) is 9.59 Å². The van der Waals surface area contributed by atoms with E-state index in [4.69, 9.17) is 16.7 Å². The van der Waals surface area contributed by atoms with E-state index in [1.54, 1.807) is 0 Å². The molecule has 0 aromatic heterocycles. The summed E-state index contributed by atoms with van der Waals surface area (Å²) in [4.78, 5) is 23.6. The normalized spacial score (nSPS) is 12.1. The standard InChI is InChI=1S/C16H22ClFN2O3/c1-10(2)7-11(5-6-21)9-19-15(22)16(23)20-14-4-3-12(17)8-13(14)18/h3-4,8,10-11,21H,5-7,9H2,1-2H3,(H,19,22)(H,20,23). The van der Waals surface area contributed by atoms with Gasteiger partial charge in [0.1, 0.15) is 5.82 Å². The fourth-order valence-electron chi connectivity index (χ4n) is 2.24. The fourth-order valence-corrected chi connectivity index (χ4v) is 2.40. The molecule has 23 heavy (non-hydrogen) atoms. The van der Waals surface area contributed by atoms with Gasteiger partial charge in [-0.1, -0.05) is 25.4 Å². The molecule has 1 atom stereocenters. The summed E-state index contributed by atoms with van der Waals surface area (Å²) in [6.07, 6.45) is 1.38. The molecular weight excluding hydrogens is 323 g/mol. The number of aliphatic hydroxyl groups is 1. The number of nitrogens with one attached hydrogen (secondary N) is 2. The molecule has 0 heterocycles. The lowest BCUT2D eigenvalue weighted by atomic mass is 9.94. The highest BCUT2D eigenvalue weighted by Gasteiger charge is 2.18. The van der Waals surface area contributed by atoms with E-state index in [2.05, 4.69) is 10.6 Å². The minimum absolute atomic E-state index is 0.0233. The molecule has 0 fully saturated rings. The molecule has 1 aromatic rings. The monoisotopic (exact) mass is 344 g/mol. The van der Waals surface area contributed by atoms with Gasteiger partial charge in [-0.05, 0) is 42.9 Å². The average Bonchev–Trinajstić information content (AvgIpc) is 2.47. The lowest BCUT2D eigenvalue weighted by Gasteiger charge is -2.18. The van der Waals surface area contributed by atoms with Crippen molar-refractivity contribution in [3.63, 3.8) is 0 Å². The molecule has 1 rings (SSSR count). The third-order valence-electron chi connectivity index (χ3n) is 3.28. The van der Waals surface area contributed by atoms with Gasteiger partial charge in [-0.15, -0.1) is 0 Å². The van der Waals surface area contributed by atoms with Crippen LogP contribution in [-0.4, -0.2) is 30.1 Å². The summed E-state index contributed by atoms with van der Waals surface area (Å²) in [5.74, 6) is -1.99. The number of halogens is 2. The van der Waals surface area contributed by atoms with E-state index in [1.807, 2.05) is 13.8 Å². The molecule has 1 aromatic carbocycles. The van der Waals surface area contributed by atoms with Gasteiger partial charge in [0.2, 0.25) is 0 Å². The molecule has 128 valence electrons. The first-order valence-electron chi connectivity index (χ1n) is 7.48.